The van der Waals surface area contributed by atoms with Crippen LogP contribution in [-0.4, -0.2) is 43.6 Å². The Kier molecular flexibility index (Phi) is 6.60. The fraction of sp³-hybridized carbons (Fsp3) is 0.176. The Hall–Kier alpha value is -3.49. The lowest BCUT2D eigenvalue weighted by atomic mass is 10.2. The number of carboxylic acid groups (broad SMARTS) is 1. The summed E-state index contributed by atoms with van der Waals surface area (Å²) in [6.45, 7) is 2.58. The van der Waals surface area contributed by atoms with E-state index in [4.69, 9.17) is 5.11 Å². The van der Waals surface area contributed by atoms with Crippen molar-refractivity contribution in [3.8, 4) is 0 Å². The second-order valence-electron chi connectivity index (χ2n) is 5.07. The molecule has 0 aliphatic heterocycles. The van der Waals surface area contributed by atoms with E-state index < -0.39 is 5.97 Å². The topological polar surface area (TPSA) is 110 Å². The number of nitrogens with one attached hydrogen (secondary N) is 1. The predicted octanol–water partition coefficient (Wildman–Crippen LogP) is 2.36. The third-order valence-corrected chi connectivity index (χ3v) is 3.15. The lowest BCUT2D eigenvalue weighted by molar-refractivity contribution is 0.0526. The van der Waals surface area contributed by atoms with Crippen molar-refractivity contribution in [1.29, 1.82) is 0 Å². The third-order valence-electron chi connectivity index (χ3n) is 3.15. The van der Waals surface area contributed by atoms with Crippen LogP contribution in [0.1, 0.15) is 33.2 Å². The minimum atomic E-state index is -1.01. The molecule has 3 aromatic rings. The SMILES string of the molecule is CCOC(=O)c1cn[nH]c1.O=C(O)c1cnn(Cc2ccc(F)cc2)c1. The molecule has 2 heterocycles. The van der Waals surface area contributed by atoms with Crippen LogP contribution < -0.4 is 0 Å². The highest BCUT2D eigenvalue weighted by Gasteiger charge is 2.06. The summed E-state index contributed by atoms with van der Waals surface area (Å²) in [5.74, 6) is -1.64. The number of aromatic carboxylic acids is 1. The van der Waals surface area contributed by atoms with Crippen molar-refractivity contribution in [2.75, 3.05) is 6.61 Å². The van der Waals surface area contributed by atoms with Gasteiger partial charge in [0.05, 0.1) is 36.7 Å². The number of carbonyl (C=O) groups is 2. The average Bonchev–Trinajstić information content (AvgIpc) is 3.29. The first kappa shape index (κ1) is 18.8. The summed E-state index contributed by atoms with van der Waals surface area (Å²) >= 11 is 0. The van der Waals surface area contributed by atoms with E-state index in [-0.39, 0.29) is 17.3 Å². The van der Waals surface area contributed by atoms with E-state index in [0.717, 1.165) is 5.56 Å². The fourth-order valence-electron chi connectivity index (χ4n) is 1.91. The van der Waals surface area contributed by atoms with Gasteiger partial charge in [-0.15, -0.1) is 0 Å². The summed E-state index contributed by atoms with van der Waals surface area (Å²) in [6.07, 6.45) is 5.65. The molecule has 0 saturated carbocycles. The number of H-pyrrole nitrogens is 1. The molecule has 26 heavy (non-hydrogen) atoms. The highest BCUT2D eigenvalue weighted by atomic mass is 19.1. The lowest BCUT2D eigenvalue weighted by Gasteiger charge is -2.00. The molecular weight excluding hydrogens is 343 g/mol. The van der Waals surface area contributed by atoms with Gasteiger partial charge >= 0.3 is 11.9 Å². The molecule has 0 aliphatic rings. The Bertz CT molecular complexity index is 844. The van der Waals surface area contributed by atoms with Crippen LogP contribution in [0.2, 0.25) is 0 Å². The predicted molar refractivity (Wildman–Crippen MR) is 89.2 cm³/mol. The second-order valence-corrected chi connectivity index (χ2v) is 5.07. The van der Waals surface area contributed by atoms with Gasteiger partial charge in [-0.25, -0.2) is 14.0 Å². The summed E-state index contributed by atoms with van der Waals surface area (Å²) in [4.78, 5) is 21.4. The zero-order valence-electron chi connectivity index (χ0n) is 13.9. The minimum absolute atomic E-state index is 0.141. The van der Waals surface area contributed by atoms with Crippen molar-refractivity contribution in [2.24, 2.45) is 0 Å². The Labute approximate surface area is 148 Å². The van der Waals surface area contributed by atoms with E-state index in [2.05, 4.69) is 20.0 Å². The summed E-state index contributed by atoms with van der Waals surface area (Å²) in [6, 6.07) is 5.99. The molecule has 0 atom stereocenters. The smallest absolute Gasteiger partial charge is 0.341 e. The average molecular weight is 360 g/mol. The zero-order valence-corrected chi connectivity index (χ0v) is 13.9. The molecule has 0 amide bonds. The maximum Gasteiger partial charge on any atom is 0.341 e. The number of hydrogen-bond acceptors (Lipinski definition) is 5. The maximum atomic E-state index is 12.6. The van der Waals surface area contributed by atoms with Gasteiger partial charge in [0.1, 0.15) is 5.82 Å². The first-order valence-electron chi connectivity index (χ1n) is 7.65. The molecule has 3 rings (SSSR count). The van der Waals surface area contributed by atoms with Gasteiger partial charge in [-0.3, -0.25) is 9.78 Å². The molecule has 0 bridgehead atoms. The van der Waals surface area contributed by atoms with Crippen LogP contribution in [0.25, 0.3) is 0 Å². The third kappa shape index (κ3) is 5.55. The second kappa shape index (κ2) is 9.11. The van der Waals surface area contributed by atoms with Crippen molar-refractivity contribution >= 4 is 11.9 Å². The van der Waals surface area contributed by atoms with Crippen LogP contribution in [0.4, 0.5) is 4.39 Å². The number of ether oxygens (including phenoxy) is 1. The van der Waals surface area contributed by atoms with Crippen molar-refractivity contribution in [3.63, 3.8) is 0 Å². The Morgan fingerprint density at radius 3 is 2.50 bits per heavy atom. The van der Waals surface area contributed by atoms with Gasteiger partial charge in [0.25, 0.3) is 0 Å². The van der Waals surface area contributed by atoms with Crippen molar-refractivity contribution in [2.45, 2.75) is 13.5 Å². The van der Waals surface area contributed by atoms with Gasteiger partial charge in [0, 0.05) is 12.4 Å². The number of carbonyl (C=O) groups excluding carboxylic acids is 1. The number of aromatic nitrogens is 4. The number of esters is 1. The highest BCUT2D eigenvalue weighted by molar-refractivity contribution is 5.88. The van der Waals surface area contributed by atoms with Crippen LogP contribution in [0.15, 0.2) is 49.1 Å². The van der Waals surface area contributed by atoms with Gasteiger partial charge in [0.15, 0.2) is 0 Å². The van der Waals surface area contributed by atoms with E-state index in [1.54, 1.807) is 19.1 Å². The summed E-state index contributed by atoms with van der Waals surface area (Å²) < 4.78 is 18.8. The van der Waals surface area contributed by atoms with Crippen LogP contribution in [0.5, 0.6) is 0 Å². The molecule has 2 N–H and O–H groups in total. The summed E-state index contributed by atoms with van der Waals surface area (Å²) in [5, 5.41) is 18.7. The summed E-state index contributed by atoms with van der Waals surface area (Å²) in [7, 11) is 0. The number of benzene rings is 1. The maximum absolute atomic E-state index is 12.6. The van der Waals surface area contributed by atoms with Crippen LogP contribution in [0.3, 0.4) is 0 Å². The van der Waals surface area contributed by atoms with E-state index in [9.17, 15) is 14.0 Å². The van der Waals surface area contributed by atoms with Crippen molar-refractivity contribution < 1.29 is 23.8 Å². The van der Waals surface area contributed by atoms with Crippen LogP contribution >= 0.6 is 0 Å². The number of hydrogen-bond donors (Lipinski definition) is 2. The molecule has 136 valence electrons. The fourth-order valence-corrected chi connectivity index (χ4v) is 1.91. The molecule has 9 heteroatoms. The standard InChI is InChI=1S/C11H9FN2O2.C6H8N2O2/c12-10-3-1-8(2-4-10)6-14-7-9(5-13-14)11(15)16;1-2-10-6(9)5-3-7-8-4-5/h1-5,7H,6H2,(H,15,16);3-4H,2H2,1H3,(H,7,8). The molecule has 2 aromatic heterocycles. The Balaban J connectivity index is 0.000000209. The zero-order chi connectivity index (χ0) is 18.9. The molecule has 8 nitrogen and oxygen atoms in total. The molecule has 0 unspecified atom stereocenters. The van der Waals surface area contributed by atoms with E-state index in [1.807, 2.05) is 0 Å². The van der Waals surface area contributed by atoms with Crippen LogP contribution in [0, 0.1) is 5.82 Å². The largest absolute Gasteiger partial charge is 0.478 e. The Morgan fingerprint density at radius 2 is 1.96 bits per heavy atom. The van der Waals surface area contributed by atoms with Gasteiger partial charge in [-0.05, 0) is 24.6 Å². The first-order valence-corrected chi connectivity index (χ1v) is 7.65. The normalized spacial score (nSPS) is 9.92. The van der Waals surface area contributed by atoms with E-state index >= 15 is 0 Å². The minimum Gasteiger partial charge on any atom is -0.478 e. The molecule has 0 fully saturated rings. The molecular formula is C17H17FN4O4. The van der Waals surface area contributed by atoms with Crippen LogP contribution in [-0.2, 0) is 11.3 Å². The lowest BCUT2D eigenvalue weighted by Crippen LogP contribution is -2.02. The molecule has 0 radical (unpaired) electrons. The molecule has 0 aliphatic carbocycles. The molecule has 1 aromatic carbocycles. The van der Waals surface area contributed by atoms with E-state index in [1.165, 1.54) is 41.6 Å². The monoisotopic (exact) mass is 360 g/mol. The van der Waals surface area contributed by atoms with Gasteiger partial charge < -0.3 is 9.84 Å². The van der Waals surface area contributed by atoms with Gasteiger partial charge in [-0.2, -0.15) is 10.2 Å². The number of nitrogens with zero attached hydrogens (tertiary/aromatic N) is 3. The number of rotatable bonds is 5. The molecule has 0 spiro atoms. The first-order chi connectivity index (χ1) is 12.5. The van der Waals surface area contributed by atoms with E-state index in [0.29, 0.717) is 18.7 Å². The Morgan fingerprint density at radius 1 is 1.23 bits per heavy atom. The highest BCUT2D eigenvalue weighted by Crippen LogP contribution is 2.06. The number of aromatic amines is 1. The quantitative estimate of drug-likeness (QED) is 0.676. The van der Waals surface area contributed by atoms with Crippen molar-refractivity contribution in [1.82, 2.24) is 20.0 Å². The summed E-state index contributed by atoms with van der Waals surface area (Å²) in [5.41, 5.74) is 1.46. The number of halogens is 1. The molecule has 0 saturated heterocycles. The van der Waals surface area contributed by atoms with Gasteiger partial charge in [-0.1, -0.05) is 12.1 Å². The van der Waals surface area contributed by atoms with Gasteiger partial charge in [0.2, 0.25) is 0 Å². The number of carboxylic acids is 1. The van der Waals surface area contributed by atoms with Crippen molar-refractivity contribution in [3.05, 3.63) is 71.6 Å².